The summed E-state index contributed by atoms with van der Waals surface area (Å²) in [5.41, 5.74) is 6.36. The van der Waals surface area contributed by atoms with Crippen LogP contribution in [0.2, 0.25) is 0 Å². The zero-order valence-corrected chi connectivity index (χ0v) is 21.6. The van der Waals surface area contributed by atoms with Crippen LogP contribution < -0.4 is 0 Å². The van der Waals surface area contributed by atoms with E-state index in [9.17, 15) is 4.79 Å². The monoisotopic (exact) mass is 516 g/mol. The number of fused-ring (bicyclic) bond motifs is 3. The van der Waals surface area contributed by atoms with Crippen molar-refractivity contribution in [2.45, 2.75) is 5.60 Å². The Morgan fingerprint density at radius 3 is 1.48 bits per heavy atom. The number of hydrogen-bond donors (Lipinski definition) is 0. The molecule has 1 aliphatic rings. The molecule has 7 aromatic rings. The number of nitrogens with zero attached hydrogens (tertiary/aromatic N) is 2. The second-order valence-electron chi connectivity index (χ2n) is 10.1. The first kappa shape index (κ1) is 22.6. The van der Waals surface area contributed by atoms with Crippen molar-refractivity contribution in [2.24, 2.45) is 0 Å². The van der Waals surface area contributed by atoms with E-state index in [2.05, 4.69) is 70.1 Å². The zero-order valence-electron chi connectivity index (χ0n) is 21.6. The molecule has 4 heteroatoms. The number of para-hydroxylation sites is 4. The third kappa shape index (κ3) is 3.10. The molecule has 1 aliphatic heterocycles. The molecule has 0 fully saturated rings. The van der Waals surface area contributed by atoms with Gasteiger partial charge < -0.3 is 13.9 Å². The van der Waals surface area contributed by atoms with Crippen molar-refractivity contribution in [3.8, 4) is 11.4 Å². The molecule has 0 saturated carbocycles. The maximum atomic E-state index is 13.6. The van der Waals surface area contributed by atoms with E-state index in [1.54, 1.807) is 0 Å². The Bertz CT molecular complexity index is 1930. The lowest BCUT2D eigenvalue weighted by Gasteiger charge is -2.29. The number of rotatable bonds is 4. The van der Waals surface area contributed by atoms with Crippen LogP contribution in [0.15, 0.2) is 146 Å². The Morgan fingerprint density at radius 2 is 0.925 bits per heavy atom. The predicted octanol–water partition coefficient (Wildman–Crippen LogP) is 8.04. The highest BCUT2D eigenvalue weighted by molar-refractivity contribution is 6.00. The molecule has 0 atom stereocenters. The lowest BCUT2D eigenvalue weighted by molar-refractivity contribution is 0.0259. The van der Waals surface area contributed by atoms with Crippen LogP contribution in [-0.2, 0) is 10.3 Å². The number of carbonyl (C=O) groups is 1. The number of carbonyl (C=O) groups excluding carboxylic acids is 1. The minimum absolute atomic E-state index is 0.316. The van der Waals surface area contributed by atoms with Crippen molar-refractivity contribution >= 4 is 27.8 Å². The molecule has 0 unspecified atom stereocenters. The average Bonchev–Trinajstić information content (AvgIpc) is 3.69. The quantitative estimate of drug-likeness (QED) is 0.222. The Balaban J connectivity index is 1.52. The first-order chi connectivity index (χ1) is 19.8. The lowest BCUT2D eigenvalue weighted by atomic mass is 9.79. The number of hydrogen-bond acceptors (Lipinski definition) is 2. The molecule has 190 valence electrons. The molecule has 0 radical (unpaired) electrons. The number of benzene rings is 5. The largest absolute Gasteiger partial charge is 0.440 e. The molecule has 0 spiro atoms. The van der Waals surface area contributed by atoms with Crippen molar-refractivity contribution in [2.75, 3.05) is 0 Å². The smallest absolute Gasteiger partial charge is 0.340 e. The Morgan fingerprint density at radius 1 is 0.475 bits per heavy atom. The number of ether oxygens (including phenoxy) is 1. The van der Waals surface area contributed by atoms with Crippen molar-refractivity contribution < 1.29 is 9.53 Å². The molecule has 2 aromatic heterocycles. The van der Waals surface area contributed by atoms with Crippen molar-refractivity contribution in [1.29, 1.82) is 0 Å². The molecule has 0 saturated heterocycles. The van der Waals surface area contributed by atoms with Crippen LogP contribution in [-0.4, -0.2) is 15.1 Å². The van der Waals surface area contributed by atoms with E-state index in [0.29, 0.717) is 5.56 Å². The van der Waals surface area contributed by atoms with Crippen molar-refractivity contribution in [3.05, 3.63) is 168 Å². The third-order valence-corrected chi connectivity index (χ3v) is 8.02. The molecule has 40 heavy (non-hydrogen) atoms. The van der Waals surface area contributed by atoms with Crippen molar-refractivity contribution in [3.63, 3.8) is 0 Å². The van der Waals surface area contributed by atoms with Crippen LogP contribution in [0.4, 0.5) is 0 Å². The molecule has 0 N–H and O–H groups in total. The highest BCUT2D eigenvalue weighted by Gasteiger charge is 2.51. The fourth-order valence-electron chi connectivity index (χ4n) is 6.29. The maximum absolute atomic E-state index is 13.6. The lowest BCUT2D eigenvalue weighted by Crippen LogP contribution is -2.29. The van der Waals surface area contributed by atoms with Gasteiger partial charge in [-0.2, -0.15) is 0 Å². The van der Waals surface area contributed by atoms with Crippen LogP contribution in [0.1, 0.15) is 27.0 Å². The van der Waals surface area contributed by atoms with Crippen LogP contribution >= 0.6 is 0 Å². The summed E-state index contributed by atoms with van der Waals surface area (Å²) in [5, 5.41) is 2.07. The molecule has 5 aromatic carbocycles. The van der Waals surface area contributed by atoms with Gasteiger partial charge in [0, 0.05) is 51.2 Å². The first-order valence-electron chi connectivity index (χ1n) is 13.4. The summed E-state index contributed by atoms with van der Waals surface area (Å²) < 4.78 is 11.0. The second kappa shape index (κ2) is 8.58. The molecule has 0 amide bonds. The summed E-state index contributed by atoms with van der Waals surface area (Å²) in [7, 11) is 0. The fraction of sp³-hybridized carbons (Fsp3) is 0.0278. The summed E-state index contributed by atoms with van der Waals surface area (Å²) in [6.45, 7) is 0. The van der Waals surface area contributed by atoms with E-state index in [4.69, 9.17) is 4.74 Å². The fourth-order valence-corrected chi connectivity index (χ4v) is 6.29. The molecule has 0 aliphatic carbocycles. The maximum Gasteiger partial charge on any atom is 0.340 e. The Labute approximate surface area is 231 Å². The standard InChI is InChI=1S/C36H24N2O2/c39-35-29-19-7-10-20-30(29)36(40-35,31-23-37(25-13-3-1-4-14-25)33-21-11-8-17-27(31)33)32-24-38(26-15-5-2-6-16-26)34-22-12-9-18-28(32)34/h1-24H. The minimum atomic E-state index is -1.15. The van der Waals surface area contributed by atoms with E-state index >= 15 is 0 Å². The second-order valence-corrected chi connectivity index (χ2v) is 10.1. The van der Waals surface area contributed by atoms with Crippen LogP contribution in [0.25, 0.3) is 33.2 Å². The summed E-state index contributed by atoms with van der Waals surface area (Å²) in [6, 6.07) is 45.0. The summed E-state index contributed by atoms with van der Waals surface area (Å²) in [5.74, 6) is -0.316. The van der Waals surface area contributed by atoms with E-state index < -0.39 is 5.60 Å². The van der Waals surface area contributed by atoms with E-state index in [-0.39, 0.29) is 5.97 Å². The molecule has 8 rings (SSSR count). The first-order valence-corrected chi connectivity index (χ1v) is 13.4. The SMILES string of the molecule is O=C1OC(c2cn(-c3ccccc3)c3ccccc23)(c2cn(-c3ccccc3)c3ccccc23)c2ccccc21. The van der Waals surface area contributed by atoms with E-state index in [0.717, 1.165) is 49.9 Å². The van der Waals surface area contributed by atoms with Gasteiger partial charge in [0.2, 0.25) is 0 Å². The molecule has 0 bridgehead atoms. The highest BCUT2D eigenvalue weighted by Crippen LogP contribution is 2.52. The summed E-state index contributed by atoms with van der Waals surface area (Å²) in [6.07, 6.45) is 4.29. The predicted molar refractivity (Wildman–Crippen MR) is 158 cm³/mol. The topological polar surface area (TPSA) is 36.2 Å². The van der Waals surface area contributed by atoms with Gasteiger partial charge in [0.1, 0.15) is 0 Å². The zero-order chi connectivity index (χ0) is 26.7. The average molecular weight is 517 g/mol. The van der Waals surface area contributed by atoms with Crippen LogP contribution in [0.3, 0.4) is 0 Å². The van der Waals surface area contributed by atoms with Gasteiger partial charge >= 0.3 is 5.97 Å². The van der Waals surface area contributed by atoms with Gasteiger partial charge in [-0.1, -0.05) is 91.0 Å². The Hall–Kier alpha value is -5.35. The van der Waals surface area contributed by atoms with Gasteiger partial charge in [-0.15, -0.1) is 0 Å². The third-order valence-electron chi connectivity index (χ3n) is 8.02. The Kier molecular flexibility index (Phi) is 4.85. The van der Waals surface area contributed by atoms with Gasteiger partial charge in [0.15, 0.2) is 5.60 Å². The molecule has 3 heterocycles. The molecular weight excluding hydrogens is 492 g/mol. The minimum Gasteiger partial charge on any atom is -0.440 e. The summed E-state index contributed by atoms with van der Waals surface area (Å²) in [4.78, 5) is 13.6. The van der Waals surface area contributed by atoms with Gasteiger partial charge in [0.05, 0.1) is 16.6 Å². The van der Waals surface area contributed by atoms with Gasteiger partial charge in [0.25, 0.3) is 0 Å². The normalized spacial score (nSPS) is 13.9. The van der Waals surface area contributed by atoms with E-state index in [1.165, 1.54) is 0 Å². The number of esters is 1. The van der Waals surface area contributed by atoms with Gasteiger partial charge in [-0.25, -0.2) is 4.79 Å². The molecule has 4 nitrogen and oxygen atoms in total. The van der Waals surface area contributed by atoms with Gasteiger partial charge in [-0.3, -0.25) is 0 Å². The summed E-state index contributed by atoms with van der Waals surface area (Å²) >= 11 is 0. The number of aromatic nitrogens is 2. The number of cyclic esters (lactones) is 1. The molecular formula is C36H24N2O2. The van der Waals surface area contributed by atoms with Crippen LogP contribution in [0, 0.1) is 0 Å². The van der Waals surface area contributed by atoms with Crippen LogP contribution in [0.5, 0.6) is 0 Å². The van der Waals surface area contributed by atoms with Crippen molar-refractivity contribution in [1.82, 2.24) is 9.13 Å². The van der Waals surface area contributed by atoms with E-state index in [1.807, 2.05) is 84.9 Å². The van der Waals surface area contributed by atoms with Gasteiger partial charge in [-0.05, 0) is 42.5 Å². The highest BCUT2D eigenvalue weighted by atomic mass is 16.6.